The van der Waals surface area contributed by atoms with E-state index < -0.39 is 18.0 Å². The predicted molar refractivity (Wildman–Crippen MR) is 137 cm³/mol. The van der Waals surface area contributed by atoms with Gasteiger partial charge in [-0.3, -0.25) is 4.79 Å². The number of hydrogen-bond acceptors (Lipinski definition) is 7. The van der Waals surface area contributed by atoms with Crippen LogP contribution in [0.15, 0.2) is 71.8 Å². The monoisotopic (exact) mass is 510 g/mol. The Balaban J connectivity index is 1.57. The molecule has 0 spiro atoms. The van der Waals surface area contributed by atoms with Crippen molar-refractivity contribution in [1.29, 1.82) is 0 Å². The molecule has 188 valence electrons. The number of halogens is 1. The fourth-order valence-electron chi connectivity index (χ4n) is 2.95. The maximum Gasteiger partial charge on any atom is 0.343 e. The van der Waals surface area contributed by atoms with Gasteiger partial charge in [0.25, 0.3) is 5.91 Å². The summed E-state index contributed by atoms with van der Waals surface area (Å²) in [5.41, 5.74) is 3.43. The number of nitrogens with zero attached hydrogens (tertiary/aromatic N) is 1. The van der Waals surface area contributed by atoms with Crippen molar-refractivity contribution in [2.24, 2.45) is 5.10 Å². The molecule has 1 N–H and O–H groups in total. The predicted octanol–water partition coefficient (Wildman–Crippen LogP) is 5.27. The van der Waals surface area contributed by atoms with Gasteiger partial charge in [0.05, 0.1) is 25.5 Å². The number of carbonyl (C=O) groups excluding carboxylic acids is 2. The van der Waals surface area contributed by atoms with E-state index in [2.05, 4.69) is 10.5 Å². The fourth-order valence-corrected chi connectivity index (χ4v) is 3.07. The van der Waals surface area contributed by atoms with Crippen molar-refractivity contribution in [3.63, 3.8) is 0 Å². The molecule has 0 radical (unpaired) electrons. The van der Waals surface area contributed by atoms with Gasteiger partial charge in [-0.05, 0) is 85.6 Å². The Hall–Kier alpha value is -4.04. The number of nitrogens with one attached hydrogen (secondary N) is 1. The van der Waals surface area contributed by atoms with Gasteiger partial charge in [-0.15, -0.1) is 0 Å². The van der Waals surface area contributed by atoms with Gasteiger partial charge in [0.15, 0.2) is 17.6 Å². The molecule has 3 rings (SSSR count). The minimum Gasteiger partial charge on any atom is -0.494 e. The summed E-state index contributed by atoms with van der Waals surface area (Å²) in [6, 6.07) is 18.3. The number of methoxy groups -OCH3 is 1. The molecule has 1 atom stereocenters. The Bertz CT molecular complexity index is 1200. The third kappa shape index (κ3) is 7.74. The minimum atomic E-state index is -0.771. The summed E-state index contributed by atoms with van der Waals surface area (Å²) in [4.78, 5) is 24.8. The molecule has 3 aromatic carbocycles. The number of benzene rings is 3. The number of hydrogen-bond donors (Lipinski definition) is 1. The lowest BCUT2D eigenvalue weighted by Gasteiger charge is -2.13. The first kappa shape index (κ1) is 26.6. The van der Waals surface area contributed by atoms with Gasteiger partial charge in [0.1, 0.15) is 11.5 Å². The van der Waals surface area contributed by atoms with E-state index in [4.69, 9.17) is 30.5 Å². The zero-order valence-corrected chi connectivity index (χ0v) is 21.0. The first-order valence-corrected chi connectivity index (χ1v) is 11.7. The molecule has 0 aromatic heterocycles. The lowest BCUT2D eigenvalue weighted by Crippen LogP contribution is -2.33. The van der Waals surface area contributed by atoms with Crippen LogP contribution in [0.4, 0.5) is 0 Å². The quantitative estimate of drug-likeness (QED) is 0.163. The van der Waals surface area contributed by atoms with E-state index in [-0.39, 0.29) is 5.75 Å². The van der Waals surface area contributed by atoms with Crippen molar-refractivity contribution in [2.75, 3.05) is 13.7 Å². The summed E-state index contributed by atoms with van der Waals surface area (Å²) in [7, 11) is 1.46. The van der Waals surface area contributed by atoms with Crippen LogP contribution in [0.25, 0.3) is 0 Å². The molecule has 36 heavy (non-hydrogen) atoms. The second kappa shape index (κ2) is 13.2. The van der Waals surface area contributed by atoms with Gasteiger partial charge in [0, 0.05) is 5.02 Å². The van der Waals surface area contributed by atoms with Crippen molar-refractivity contribution in [3.05, 3.63) is 82.9 Å². The van der Waals surface area contributed by atoms with Crippen molar-refractivity contribution >= 4 is 29.7 Å². The van der Waals surface area contributed by atoms with Crippen LogP contribution < -0.4 is 24.4 Å². The number of ether oxygens (including phenoxy) is 4. The number of carbonyl (C=O) groups is 2. The van der Waals surface area contributed by atoms with E-state index in [1.54, 1.807) is 73.7 Å². The molecular weight excluding hydrogens is 484 g/mol. The highest BCUT2D eigenvalue weighted by molar-refractivity contribution is 6.30. The van der Waals surface area contributed by atoms with Crippen molar-refractivity contribution in [1.82, 2.24) is 5.43 Å². The second-order valence-electron chi connectivity index (χ2n) is 7.62. The Labute approximate surface area is 214 Å². The van der Waals surface area contributed by atoms with E-state index in [9.17, 15) is 9.59 Å². The fraction of sp³-hybridized carbons (Fsp3) is 0.222. The Morgan fingerprint density at radius 1 is 1.00 bits per heavy atom. The van der Waals surface area contributed by atoms with Crippen LogP contribution in [0.1, 0.15) is 36.2 Å². The highest BCUT2D eigenvalue weighted by Gasteiger charge is 2.15. The molecular formula is C27H27ClN2O6. The zero-order chi connectivity index (χ0) is 25.9. The normalized spacial score (nSPS) is 11.6. The molecule has 0 unspecified atom stereocenters. The van der Waals surface area contributed by atoms with Gasteiger partial charge in [0.2, 0.25) is 0 Å². The van der Waals surface area contributed by atoms with Crippen LogP contribution in [0.2, 0.25) is 5.02 Å². The minimum absolute atomic E-state index is 0.250. The maximum absolute atomic E-state index is 12.5. The molecule has 0 aliphatic carbocycles. The van der Waals surface area contributed by atoms with Crippen molar-refractivity contribution in [3.8, 4) is 23.0 Å². The third-order valence-corrected chi connectivity index (χ3v) is 5.09. The zero-order valence-electron chi connectivity index (χ0n) is 20.2. The van der Waals surface area contributed by atoms with E-state index >= 15 is 0 Å². The number of amides is 1. The number of rotatable bonds is 11. The van der Waals surface area contributed by atoms with Crippen molar-refractivity contribution < 1.29 is 28.5 Å². The lowest BCUT2D eigenvalue weighted by molar-refractivity contribution is -0.127. The van der Waals surface area contributed by atoms with Crippen LogP contribution in [-0.2, 0) is 4.79 Å². The molecule has 0 bridgehead atoms. The molecule has 0 aliphatic heterocycles. The van der Waals surface area contributed by atoms with E-state index in [1.165, 1.54) is 13.3 Å². The van der Waals surface area contributed by atoms with Gasteiger partial charge >= 0.3 is 5.97 Å². The summed E-state index contributed by atoms with van der Waals surface area (Å²) in [5.74, 6) is 0.832. The van der Waals surface area contributed by atoms with Crippen molar-refractivity contribution in [2.45, 2.75) is 26.4 Å². The average Bonchev–Trinajstić information content (AvgIpc) is 2.89. The molecule has 0 aliphatic rings. The van der Waals surface area contributed by atoms with E-state index in [0.29, 0.717) is 40.0 Å². The third-order valence-electron chi connectivity index (χ3n) is 4.84. The van der Waals surface area contributed by atoms with Crippen LogP contribution in [-0.4, -0.2) is 37.9 Å². The van der Waals surface area contributed by atoms with Crippen LogP contribution >= 0.6 is 11.6 Å². The topological polar surface area (TPSA) is 95.5 Å². The Kier molecular flexibility index (Phi) is 9.71. The molecule has 9 heteroatoms. The smallest absolute Gasteiger partial charge is 0.343 e. The van der Waals surface area contributed by atoms with Crippen LogP contribution in [0, 0.1) is 0 Å². The highest BCUT2D eigenvalue weighted by atomic mass is 35.5. The number of esters is 1. The lowest BCUT2D eigenvalue weighted by atomic mass is 10.2. The highest BCUT2D eigenvalue weighted by Crippen LogP contribution is 2.28. The molecule has 8 nitrogen and oxygen atoms in total. The summed E-state index contributed by atoms with van der Waals surface area (Å²) in [6.45, 7) is 4.24. The molecule has 3 aromatic rings. The average molecular weight is 511 g/mol. The summed E-state index contributed by atoms with van der Waals surface area (Å²) in [6.07, 6.45) is 1.57. The molecule has 1 amide bonds. The van der Waals surface area contributed by atoms with Crippen LogP contribution in [0.5, 0.6) is 23.0 Å². The summed E-state index contributed by atoms with van der Waals surface area (Å²) in [5, 5.41) is 4.54. The molecule has 0 saturated heterocycles. The van der Waals surface area contributed by atoms with Gasteiger partial charge < -0.3 is 18.9 Å². The summed E-state index contributed by atoms with van der Waals surface area (Å²) < 4.78 is 21.9. The largest absolute Gasteiger partial charge is 0.494 e. The SMILES string of the molecule is CCCOc1ccc(C(=O)Oc2ccc(/C=N\NC(=O)[C@@H](C)Oc3ccc(Cl)cc3)cc2OC)cc1. The van der Waals surface area contributed by atoms with Gasteiger partial charge in [-0.25, -0.2) is 10.2 Å². The Morgan fingerprint density at radius 2 is 1.69 bits per heavy atom. The number of hydrazone groups is 1. The van der Waals surface area contributed by atoms with Gasteiger partial charge in [-0.2, -0.15) is 5.10 Å². The molecule has 0 fully saturated rings. The molecule has 0 heterocycles. The van der Waals surface area contributed by atoms with Gasteiger partial charge in [-0.1, -0.05) is 18.5 Å². The van der Waals surface area contributed by atoms with Crippen LogP contribution in [0.3, 0.4) is 0 Å². The first-order valence-electron chi connectivity index (χ1n) is 11.3. The molecule has 0 saturated carbocycles. The first-order chi connectivity index (χ1) is 17.4. The van der Waals surface area contributed by atoms with E-state index in [1.807, 2.05) is 6.92 Å². The summed E-state index contributed by atoms with van der Waals surface area (Å²) >= 11 is 5.85. The maximum atomic E-state index is 12.5. The Morgan fingerprint density at radius 3 is 2.36 bits per heavy atom. The van der Waals surface area contributed by atoms with E-state index in [0.717, 1.165) is 6.42 Å². The standard InChI is InChI=1S/C27H27ClN2O6/c1-4-15-34-22-10-6-20(7-11-22)27(32)36-24-14-5-19(16-25(24)33-3)17-29-30-26(31)18(2)35-23-12-8-21(28)9-13-23/h5-14,16-18H,4,15H2,1-3H3,(H,30,31)/b29-17-/t18-/m1/s1. The second-order valence-corrected chi connectivity index (χ2v) is 8.06.